The average molecular weight is 279 g/mol. The van der Waals surface area contributed by atoms with Gasteiger partial charge in [0.15, 0.2) is 0 Å². The van der Waals surface area contributed by atoms with Crippen molar-refractivity contribution >= 4 is 11.5 Å². The molecule has 2 rings (SSSR count). The highest BCUT2D eigenvalue weighted by molar-refractivity contribution is 5.47. The van der Waals surface area contributed by atoms with Crippen molar-refractivity contribution in [1.29, 1.82) is 0 Å². The summed E-state index contributed by atoms with van der Waals surface area (Å²) in [7, 11) is 1.72. The highest BCUT2D eigenvalue weighted by Gasteiger charge is 2.40. The summed E-state index contributed by atoms with van der Waals surface area (Å²) < 4.78 is 5.42. The molecule has 1 aromatic heterocycles. The van der Waals surface area contributed by atoms with Crippen LogP contribution in [0.5, 0.6) is 0 Å². The van der Waals surface area contributed by atoms with E-state index in [9.17, 15) is 10.1 Å². The molecular formula is C14H21N3O3. The lowest BCUT2D eigenvalue weighted by Gasteiger charge is -2.39. The number of hydrogen-bond acceptors (Lipinski definition) is 5. The molecule has 6 nitrogen and oxygen atoms in total. The molecule has 0 bridgehead atoms. The van der Waals surface area contributed by atoms with Crippen molar-refractivity contribution in [3.8, 4) is 0 Å². The monoisotopic (exact) mass is 279 g/mol. The van der Waals surface area contributed by atoms with E-state index in [1.165, 1.54) is 12.3 Å². The van der Waals surface area contributed by atoms with Gasteiger partial charge in [-0.05, 0) is 25.3 Å². The summed E-state index contributed by atoms with van der Waals surface area (Å²) in [6, 6.07) is 3.26. The maximum atomic E-state index is 10.7. The molecule has 110 valence electrons. The highest BCUT2D eigenvalue weighted by atomic mass is 16.6. The van der Waals surface area contributed by atoms with Crippen molar-refractivity contribution in [2.75, 3.05) is 25.2 Å². The fourth-order valence-electron chi connectivity index (χ4n) is 3.16. The van der Waals surface area contributed by atoms with Crippen molar-refractivity contribution in [2.24, 2.45) is 0 Å². The predicted molar refractivity (Wildman–Crippen MR) is 77.0 cm³/mol. The highest BCUT2D eigenvalue weighted by Crippen LogP contribution is 2.37. The number of nitrogens with zero attached hydrogens (tertiary/aromatic N) is 3. The predicted octanol–water partition coefficient (Wildman–Crippen LogP) is 2.78. The van der Waals surface area contributed by atoms with E-state index in [-0.39, 0.29) is 11.2 Å². The van der Waals surface area contributed by atoms with Gasteiger partial charge in [-0.25, -0.2) is 4.98 Å². The molecule has 0 aromatic carbocycles. The Hall–Kier alpha value is -1.69. The van der Waals surface area contributed by atoms with Crippen molar-refractivity contribution in [3.05, 3.63) is 28.4 Å². The van der Waals surface area contributed by atoms with Crippen molar-refractivity contribution in [2.45, 2.75) is 38.1 Å². The van der Waals surface area contributed by atoms with Crippen LogP contribution in [0.15, 0.2) is 18.3 Å². The minimum absolute atomic E-state index is 0.0212. The zero-order valence-electron chi connectivity index (χ0n) is 12.0. The summed E-state index contributed by atoms with van der Waals surface area (Å²) in [5.74, 6) is 0.804. The van der Waals surface area contributed by atoms with E-state index in [1.54, 1.807) is 13.2 Å². The lowest BCUT2D eigenvalue weighted by Crippen LogP contribution is -2.48. The third-order valence-corrected chi connectivity index (χ3v) is 3.94. The second-order valence-corrected chi connectivity index (χ2v) is 5.29. The topological polar surface area (TPSA) is 68.5 Å². The zero-order valence-corrected chi connectivity index (χ0v) is 12.0. The SMILES string of the molecule is CCCC1(COC)CCCN1c1ccc([N+](=O)[O-])cn1. The van der Waals surface area contributed by atoms with E-state index in [0.717, 1.165) is 38.0 Å². The van der Waals surface area contributed by atoms with E-state index in [0.29, 0.717) is 6.61 Å². The normalized spacial score (nSPS) is 22.2. The number of hydrogen-bond donors (Lipinski definition) is 0. The van der Waals surface area contributed by atoms with Crippen LogP contribution in [0.2, 0.25) is 0 Å². The lowest BCUT2D eigenvalue weighted by atomic mass is 9.91. The summed E-state index contributed by atoms with van der Waals surface area (Å²) in [5.41, 5.74) is 0.00730. The number of methoxy groups -OCH3 is 1. The molecule has 1 aliphatic heterocycles. The summed E-state index contributed by atoms with van der Waals surface area (Å²) >= 11 is 0. The summed E-state index contributed by atoms with van der Waals surface area (Å²) in [6.45, 7) is 3.75. The molecule has 6 heteroatoms. The van der Waals surface area contributed by atoms with E-state index < -0.39 is 4.92 Å². The Morgan fingerprint density at radius 1 is 1.55 bits per heavy atom. The molecule has 0 amide bonds. The quantitative estimate of drug-likeness (QED) is 0.591. The largest absolute Gasteiger partial charge is 0.382 e. The van der Waals surface area contributed by atoms with Crippen LogP contribution in [-0.4, -0.2) is 35.7 Å². The Morgan fingerprint density at radius 2 is 2.35 bits per heavy atom. The second kappa shape index (κ2) is 6.17. The molecule has 1 aliphatic rings. The maximum Gasteiger partial charge on any atom is 0.287 e. The van der Waals surface area contributed by atoms with Gasteiger partial charge in [-0.15, -0.1) is 0 Å². The molecule has 0 spiro atoms. The van der Waals surface area contributed by atoms with Crippen LogP contribution in [0.1, 0.15) is 32.6 Å². The van der Waals surface area contributed by atoms with Gasteiger partial charge >= 0.3 is 0 Å². The summed E-state index contributed by atoms with van der Waals surface area (Å²) in [6.07, 6.45) is 5.62. The van der Waals surface area contributed by atoms with Gasteiger partial charge in [0.25, 0.3) is 5.69 Å². The molecule has 0 aliphatic carbocycles. The van der Waals surface area contributed by atoms with Gasteiger partial charge in [0.2, 0.25) is 0 Å². The van der Waals surface area contributed by atoms with Crippen LogP contribution < -0.4 is 4.90 Å². The molecule has 0 radical (unpaired) electrons. The lowest BCUT2D eigenvalue weighted by molar-refractivity contribution is -0.385. The van der Waals surface area contributed by atoms with Gasteiger partial charge in [-0.2, -0.15) is 0 Å². The Morgan fingerprint density at radius 3 is 2.90 bits per heavy atom. The van der Waals surface area contributed by atoms with Gasteiger partial charge in [0.05, 0.1) is 17.1 Å². The number of ether oxygens (including phenoxy) is 1. The van der Waals surface area contributed by atoms with Crippen LogP contribution in [0.25, 0.3) is 0 Å². The molecule has 20 heavy (non-hydrogen) atoms. The fourth-order valence-corrected chi connectivity index (χ4v) is 3.16. The van der Waals surface area contributed by atoms with Gasteiger partial charge < -0.3 is 9.64 Å². The molecular weight excluding hydrogens is 258 g/mol. The zero-order chi connectivity index (χ0) is 14.6. The number of pyridine rings is 1. The van der Waals surface area contributed by atoms with Gasteiger partial charge in [0.1, 0.15) is 12.0 Å². The van der Waals surface area contributed by atoms with Crippen LogP contribution in [0.3, 0.4) is 0 Å². The first-order valence-corrected chi connectivity index (χ1v) is 7.00. The molecule has 1 saturated heterocycles. The first-order chi connectivity index (χ1) is 9.63. The van der Waals surface area contributed by atoms with E-state index >= 15 is 0 Å². The van der Waals surface area contributed by atoms with Crippen LogP contribution >= 0.6 is 0 Å². The van der Waals surface area contributed by atoms with Crippen LogP contribution in [-0.2, 0) is 4.74 Å². The fraction of sp³-hybridized carbons (Fsp3) is 0.643. The minimum Gasteiger partial charge on any atom is -0.382 e. The Kier molecular flexibility index (Phi) is 4.54. The van der Waals surface area contributed by atoms with Gasteiger partial charge in [-0.3, -0.25) is 10.1 Å². The molecule has 1 aromatic rings. The first-order valence-electron chi connectivity index (χ1n) is 7.00. The van der Waals surface area contributed by atoms with E-state index in [1.807, 2.05) is 0 Å². The summed E-state index contributed by atoms with van der Waals surface area (Å²) in [4.78, 5) is 16.8. The van der Waals surface area contributed by atoms with Crippen LogP contribution in [0.4, 0.5) is 11.5 Å². The average Bonchev–Trinajstić information content (AvgIpc) is 2.83. The van der Waals surface area contributed by atoms with Gasteiger partial charge in [-0.1, -0.05) is 13.3 Å². The van der Waals surface area contributed by atoms with Crippen molar-refractivity contribution < 1.29 is 9.66 Å². The molecule has 1 fully saturated rings. The molecule has 1 unspecified atom stereocenters. The van der Waals surface area contributed by atoms with Crippen molar-refractivity contribution in [1.82, 2.24) is 4.98 Å². The third-order valence-electron chi connectivity index (χ3n) is 3.94. The molecule has 2 heterocycles. The number of rotatable bonds is 6. The molecule has 1 atom stereocenters. The smallest absolute Gasteiger partial charge is 0.287 e. The third kappa shape index (κ3) is 2.75. The van der Waals surface area contributed by atoms with E-state index in [2.05, 4.69) is 16.8 Å². The Labute approximate surface area is 118 Å². The second-order valence-electron chi connectivity index (χ2n) is 5.29. The Balaban J connectivity index is 2.26. The van der Waals surface area contributed by atoms with Gasteiger partial charge in [0, 0.05) is 19.7 Å². The molecule has 0 N–H and O–H groups in total. The molecule has 0 saturated carbocycles. The van der Waals surface area contributed by atoms with Crippen molar-refractivity contribution in [3.63, 3.8) is 0 Å². The number of nitro groups is 1. The standard InChI is InChI=1S/C14H21N3O3/c1-3-7-14(11-20-2)8-4-9-16(14)13-6-5-12(10-15-13)17(18)19/h5-6,10H,3-4,7-9,11H2,1-2H3. The minimum atomic E-state index is -0.421. The number of aromatic nitrogens is 1. The number of anilines is 1. The summed E-state index contributed by atoms with van der Waals surface area (Å²) in [5, 5.41) is 10.7. The van der Waals surface area contributed by atoms with E-state index in [4.69, 9.17) is 4.74 Å². The Bertz CT molecular complexity index is 455. The van der Waals surface area contributed by atoms with Crippen LogP contribution in [0, 0.1) is 10.1 Å². The first kappa shape index (κ1) is 14.7. The maximum absolute atomic E-state index is 10.7.